The van der Waals surface area contributed by atoms with Crippen molar-refractivity contribution in [2.45, 2.75) is 18.4 Å². The summed E-state index contributed by atoms with van der Waals surface area (Å²) in [6.45, 7) is 2.03. The molecule has 1 aromatic heterocycles. The molecule has 3 rings (SSSR count). The van der Waals surface area contributed by atoms with E-state index in [0.29, 0.717) is 28.1 Å². The molecule has 2 aromatic carbocycles. The van der Waals surface area contributed by atoms with Crippen LogP contribution in [0.5, 0.6) is 11.5 Å². The predicted molar refractivity (Wildman–Crippen MR) is 102 cm³/mol. The number of hydrogen-bond acceptors (Lipinski definition) is 7. The van der Waals surface area contributed by atoms with Crippen molar-refractivity contribution in [2.75, 3.05) is 20.5 Å². The second-order valence-electron chi connectivity index (χ2n) is 5.94. The van der Waals surface area contributed by atoms with Crippen molar-refractivity contribution >= 4 is 9.73 Å². The van der Waals surface area contributed by atoms with Gasteiger partial charge in [-0.2, -0.15) is 4.98 Å². The topological polar surface area (TPSA) is 86.8 Å². The van der Waals surface area contributed by atoms with Gasteiger partial charge in [0.15, 0.2) is 0 Å². The van der Waals surface area contributed by atoms with Gasteiger partial charge in [0.25, 0.3) is 0 Å². The molecule has 0 amide bonds. The molecule has 0 aliphatic heterocycles. The molecule has 7 nitrogen and oxygen atoms in total. The maximum Gasteiger partial charge on any atom is 0.223 e. The van der Waals surface area contributed by atoms with Crippen LogP contribution in [0.25, 0.3) is 11.4 Å². The van der Waals surface area contributed by atoms with Crippen LogP contribution in [-0.4, -0.2) is 34.8 Å². The fraction of sp³-hybridized carbons (Fsp3) is 0.263. The summed E-state index contributed by atoms with van der Waals surface area (Å²) in [5.74, 6) is 2.14. The van der Waals surface area contributed by atoms with Gasteiger partial charge < -0.3 is 14.0 Å². The van der Waals surface area contributed by atoms with E-state index in [1.54, 1.807) is 38.5 Å². The zero-order valence-electron chi connectivity index (χ0n) is 15.6. The van der Waals surface area contributed by atoms with E-state index in [1.165, 1.54) is 7.11 Å². The first-order valence-corrected chi connectivity index (χ1v) is 10.1. The Labute approximate surface area is 158 Å². The number of benzene rings is 2. The van der Waals surface area contributed by atoms with E-state index < -0.39 is 9.73 Å². The van der Waals surface area contributed by atoms with Crippen molar-refractivity contribution in [3.05, 3.63) is 53.9 Å². The lowest BCUT2D eigenvalue weighted by Crippen LogP contribution is -2.02. The molecule has 0 aliphatic rings. The van der Waals surface area contributed by atoms with Crippen LogP contribution in [0.2, 0.25) is 0 Å². The van der Waals surface area contributed by atoms with E-state index in [0.717, 1.165) is 11.1 Å². The Bertz CT molecular complexity index is 1070. The lowest BCUT2D eigenvalue weighted by Gasteiger charge is -2.12. The van der Waals surface area contributed by atoms with Crippen LogP contribution in [0, 0.1) is 6.92 Å². The van der Waals surface area contributed by atoms with Gasteiger partial charge in [0, 0.05) is 24.8 Å². The van der Waals surface area contributed by atoms with Crippen LogP contribution in [0.1, 0.15) is 11.5 Å². The Morgan fingerprint density at radius 3 is 2.63 bits per heavy atom. The highest BCUT2D eigenvalue weighted by molar-refractivity contribution is 7.93. The highest BCUT2D eigenvalue weighted by atomic mass is 32.2. The monoisotopic (exact) mass is 387 g/mol. The molecule has 3 aromatic rings. The molecule has 1 atom stereocenters. The molecule has 1 heterocycles. The molecule has 142 valence electrons. The maximum absolute atomic E-state index is 13.2. The average Bonchev–Trinajstić information content (AvgIpc) is 3.12. The second kappa shape index (κ2) is 7.79. The first-order chi connectivity index (χ1) is 12.9. The van der Waals surface area contributed by atoms with Crippen molar-refractivity contribution in [1.82, 2.24) is 10.1 Å². The molecule has 0 N–H and O–H groups in total. The van der Waals surface area contributed by atoms with Crippen LogP contribution >= 0.6 is 0 Å². The van der Waals surface area contributed by atoms with E-state index in [-0.39, 0.29) is 6.54 Å². The molecule has 8 heteroatoms. The number of aromatic nitrogens is 2. The summed E-state index contributed by atoms with van der Waals surface area (Å²) in [6.07, 6.45) is 1.60. The fourth-order valence-corrected chi connectivity index (χ4v) is 3.95. The van der Waals surface area contributed by atoms with Crippen LogP contribution in [0.15, 0.2) is 56.2 Å². The summed E-state index contributed by atoms with van der Waals surface area (Å²) in [4.78, 5) is 4.76. The Kier molecular flexibility index (Phi) is 5.46. The molecule has 0 aliphatic carbocycles. The minimum Gasteiger partial charge on any atom is -0.497 e. The standard InChI is InChI=1S/C19H21N3O4S/c1-13-21-19(22-26-13)15-7-5-6-14(10-15)12-20-27(4,23)18-9-8-16(24-2)11-17(18)25-3/h5-11H,12H2,1-4H3. The molecule has 0 fully saturated rings. The summed E-state index contributed by atoms with van der Waals surface area (Å²) in [5.41, 5.74) is 1.72. The molecule has 1 unspecified atom stereocenters. The molecule has 0 radical (unpaired) electrons. The van der Waals surface area contributed by atoms with Gasteiger partial charge in [-0.05, 0) is 23.8 Å². The predicted octanol–water partition coefficient (Wildman–Crippen LogP) is 3.72. The van der Waals surface area contributed by atoms with E-state index in [4.69, 9.17) is 14.0 Å². The summed E-state index contributed by atoms with van der Waals surface area (Å²) in [6, 6.07) is 12.8. The van der Waals surface area contributed by atoms with Gasteiger partial charge in [0.1, 0.15) is 11.5 Å². The first-order valence-electron chi connectivity index (χ1n) is 8.22. The minimum absolute atomic E-state index is 0.287. The van der Waals surface area contributed by atoms with Gasteiger partial charge in [0.2, 0.25) is 11.7 Å². The Morgan fingerprint density at radius 2 is 1.96 bits per heavy atom. The van der Waals surface area contributed by atoms with Gasteiger partial charge >= 0.3 is 0 Å². The third-order valence-corrected chi connectivity index (χ3v) is 5.76. The van der Waals surface area contributed by atoms with E-state index in [2.05, 4.69) is 14.5 Å². The van der Waals surface area contributed by atoms with Gasteiger partial charge in [-0.3, -0.25) is 0 Å². The minimum atomic E-state index is -2.65. The largest absolute Gasteiger partial charge is 0.497 e. The second-order valence-corrected chi connectivity index (χ2v) is 8.25. The van der Waals surface area contributed by atoms with Gasteiger partial charge in [-0.1, -0.05) is 23.4 Å². The van der Waals surface area contributed by atoms with Crippen LogP contribution in [0.4, 0.5) is 0 Å². The number of ether oxygens (including phenoxy) is 2. The quantitative estimate of drug-likeness (QED) is 0.641. The average molecular weight is 387 g/mol. The highest BCUT2D eigenvalue weighted by Crippen LogP contribution is 2.29. The highest BCUT2D eigenvalue weighted by Gasteiger charge is 2.14. The molecule has 27 heavy (non-hydrogen) atoms. The first kappa shape index (κ1) is 18.9. The number of aryl methyl sites for hydroxylation is 1. The van der Waals surface area contributed by atoms with Gasteiger partial charge in [-0.25, -0.2) is 8.57 Å². The fourth-order valence-electron chi connectivity index (χ4n) is 2.58. The summed E-state index contributed by atoms with van der Waals surface area (Å²) in [5, 5.41) is 3.92. The van der Waals surface area contributed by atoms with Gasteiger partial charge in [-0.15, -0.1) is 0 Å². The van der Waals surface area contributed by atoms with Crippen LogP contribution in [-0.2, 0) is 16.3 Å². The van der Waals surface area contributed by atoms with Crippen molar-refractivity contribution in [1.29, 1.82) is 0 Å². The van der Waals surface area contributed by atoms with Gasteiger partial charge in [0.05, 0.1) is 35.4 Å². The third kappa shape index (κ3) is 4.28. The Morgan fingerprint density at radius 1 is 1.15 bits per heavy atom. The number of methoxy groups -OCH3 is 2. The molecular weight excluding hydrogens is 366 g/mol. The Balaban J connectivity index is 1.90. The molecule has 0 spiro atoms. The normalized spacial score (nSPS) is 13.0. The zero-order chi connectivity index (χ0) is 19.4. The Hall–Kier alpha value is -2.87. The molecular formula is C19H21N3O4S. The zero-order valence-corrected chi connectivity index (χ0v) is 16.4. The molecule has 0 saturated heterocycles. The molecule has 0 bridgehead atoms. The van der Waals surface area contributed by atoms with Crippen molar-refractivity contribution < 1.29 is 18.2 Å². The maximum atomic E-state index is 13.2. The van der Waals surface area contributed by atoms with Crippen LogP contribution in [0.3, 0.4) is 0 Å². The lowest BCUT2D eigenvalue weighted by molar-refractivity contribution is 0.387. The van der Waals surface area contributed by atoms with Crippen molar-refractivity contribution in [3.63, 3.8) is 0 Å². The smallest absolute Gasteiger partial charge is 0.223 e. The van der Waals surface area contributed by atoms with Crippen molar-refractivity contribution in [3.8, 4) is 22.9 Å². The molecule has 0 saturated carbocycles. The van der Waals surface area contributed by atoms with E-state index >= 15 is 0 Å². The van der Waals surface area contributed by atoms with E-state index in [9.17, 15) is 4.21 Å². The number of hydrogen-bond donors (Lipinski definition) is 0. The summed E-state index contributed by atoms with van der Waals surface area (Å²) < 4.78 is 33.2. The third-order valence-electron chi connectivity index (χ3n) is 3.99. The SMILES string of the molecule is COc1ccc(S(C)(=O)=NCc2cccc(-c3noc(C)n3)c2)c(OC)c1. The van der Waals surface area contributed by atoms with E-state index in [1.807, 2.05) is 24.3 Å². The summed E-state index contributed by atoms with van der Waals surface area (Å²) >= 11 is 0. The number of nitrogens with zero attached hydrogens (tertiary/aromatic N) is 3. The summed E-state index contributed by atoms with van der Waals surface area (Å²) in [7, 11) is 0.447. The lowest BCUT2D eigenvalue weighted by atomic mass is 10.1. The van der Waals surface area contributed by atoms with Crippen molar-refractivity contribution in [2.24, 2.45) is 4.36 Å². The van der Waals surface area contributed by atoms with Crippen LogP contribution < -0.4 is 9.47 Å². The number of rotatable bonds is 6.